The van der Waals surface area contributed by atoms with Crippen molar-refractivity contribution in [2.45, 2.75) is 44.7 Å². The monoisotopic (exact) mass is 244 g/mol. The maximum Gasteiger partial charge on any atom is 0.0452 e. The van der Waals surface area contributed by atoms with Crippen molar-refractivity contribution in [1.82, 2.24) is 10.2 Å². The van der Waals surface area contributed by atoms with E-state index in [-0.39, 0.29) is 0 Å². The first-order valence-electron chi connectivity index (χ1n) is 7.43. The predicted molar refractivity (Wildman–Crippen MR) is 75.8 cm³/mol. The summed E-state index contributed by atoms with van der Waals surface area (Å²) in [5, 5.41) is 3.71. The molecule has 1 aromatic rings. The van der Waals surface area contributed by atoms with Crippen molar-refractivity contribution in [3.05, 3.63) is 35.4 Å². The highest BCUT2D eigenvalue weighted by Gasteiger charge is 2.31. The molecule has 1 fully saturated rings. The number of nitrogens with one attached hydrogen (secondary N) is 1. The van der Waals surface area contributed by atoms with Gasteiger partial charge in [0.15, 0.2) is 0 Å². The van der Waals surface area contributed by atoms with E-state index in [1.54, 1.807) is 5.56 Å². The Hall–Kier alpha value is -0.860. The van der Waals surface area contributed by atoms with Crippen molar-refractivity contribution in [1.29, 1.82) is 0 Å². The minimum absolute atomic E-state index is 0.544. The van der Waals surface area contributed by atoms with Gasteiger partial charge in [0.25, 0.3) is 0 Å². The van der Waals surface area contributed by atoms with Crippen LogP contribution in [0.15, 0.2) is 24.3 Å². The van der Waals surface area contributed by atoms with Crippen LogP contribution in [-0.4, -0.2) is 30.6 Å². The second-order valence-electron chi connectivity index (χ2n) is 5.68. The van der Waals surface area contributed by atoms with Gasteiger partial charge in [-0.25, -0.2) is 0 Å². The van der Waals surface area contributed by atoms with Crippen molar-refractivity contribution in [3.63, 3.8) is 0 Å². The van der Waals surface area contributed by atoms with Gasteiger partial charge in [-0.1, -0.05) is 31.2 Å². The molecule has 2 aliphatic rings. The molecule has 0 saturated heterocycles. The molecule has 3 rings (SSSR count). The first kappa shape index (κ1) is 12.2. The van der Waals surface area contributed by atoms with E-state index in [1.807, 2.05) is 0 Å². The summed E-state index contributed by atoms with van der Waals surface area (Å²) in [6.45, 7) is 5.87. The van der Waals surface area contributed by atoms with E-state index in [1.165, 1.54) is 44.3 Å². The van der Waals surface area contributed by atoms with Gasteiger partial charge in [-0.05, 0) is 49.9 Å². The quantitative estimate of drug-likeness (QED) is 0.857. The maximum absolute atomic E-state index is 3.71. The molecule has 1 saturated carbocycles. The number of rotatable bonds is 5. The summed E-state index contributed by atoms with van der Waals surface area (Å²) in [7, 11) is 0. The van der Waals surface area contributed by atoms with Crippen LogP contribution in [0.4, 0.5) is 0 Å². The van der Waals surface area contributed by atoms with E-state index in [2.05, 4.69) is 41.4 Å². The standard InChI is InChI=1S/C16H24N2/c1-2-11-18(14-7-8-14)12-16-15-6-4-3-5-13(15)9-10-17-16/h3-6,14,16-17H,2,7-12H2,1H3. The highest BCUT2D eigenvalue weighted by Crippen LogP contribution is 2.30. The Morgan fingerprint density at radius 3 is 2.89 bits per heavy atom. The molecule has 1 atom stereocenters. The fourth-order valence-corrected chi connectivity index (χ4v) is 3.14. The van der Waals surface area contributed by atoms with E-state index in [9.17, 15) is 0 Å². The topological polar surface area (TPSA) is 15.3 Å². The minimum Gasteiger partial charge on any atom is -0.309 e. The maximum atomic E-state index is 3.71. The molecular weight excluding hydrogens is 220 g/mol. The third-order valence-corrected chi connectivity index (χ3v) is 4.21. The molecule has 0 bridgehead atoms. The second kappa shape index (κ2) is 5.41. The number of benzene rings is 1. The first-order chi connectivity index (χ1) is 8.88. The van der Waals surface area contributed by atoms with Crippen LogP contribution in [0.3, 0.4) is 0 Å². The van der Waals surface area contributed by atoms with Crippen LogP contribution in [0.5, 0.6) is 0 Å². The Labute approximate surface area is 110 Å². The van der Waals surface area contributed by atoms with Crippen LogP contribution in [0, 0.1) is 0 Å². The third-order valence-electron chi connectivity index (χ3n) is 4.21. The summed E-state index contributed by atoms with van der Waals surface area (Å²) in [6.07, 6.45) is 5.28. The Balaban J connectivity index is 1.72. The zero-order valence-corrected chi connectivity index (χ0v) is 11.4. The number of nitrogens with zero attached hydrogens (tertiary/aromatic N) is 1. The molecule has 2 heteroatoms. The minimum atomic E-state index is 0.544. The van der Waals surface area contributed by atoms with Crippen molar-refractivity contribution in [2.75, 3.05) is 19.6 Å². The Morgan fingerprint density at radius 2 is 2.11 bits per heavy atom. The Kier molecular flexibility index (Phi) is 3.67. The van der Waals surface area contributed by atoms with Gasteiger partial charge < -0.3 is 5.32 Å². The van der Waals surface area contributed by atoms with E-state index >= 15 is 0 Å². The third kappa shape index (κ3) is 2.60. The molecule has 18 heavy (non-hydrogen) atoms. The SMILES string of the molecule is CCCN(CC1NCCc2ccccc21)C1CC1. The molecule has 1 aliphatic carbocycles. The molecule has 1 aromatic carbocycles. The van der Waals surface area contributed by atoms with Crippen LogP contribution in [-0.2, 0) is 6.42 Å². The summed E-state index contributed by atoms with van der Waals surface area (Å²) in [6, 6.07) is 10.4. The number of hydrogen-bond acceptors (Lipinski definition) is 2. The van der Waals surface area contributed by atoms with E-state index in [0.29, 0.717) is 6.04 Å². The van der Waals surface area contributed by atoms with Crippen molar-refractivity contribution in [3.8, 4) is 0 Å². The lowest BCUT2D eigenvalue weighted by molar-refractivity contribution is 0.230. The summed E-state index contributed by atoms with van der Waals surface area (Å²) in [5.41, 5.74) is 3.08. The molecule has 98 valence electrons. The summed E-state index contributed by atoms with van der Waals surface area (Å²) < 4.78 is 0. The predicted octanol–water partition coefficient (Wildman–Crippen LogP) is 2.75. The van der Waals surface area contributed by atoms with Gasteiger partial charge in [-0.2, -0.15) is 0 Å². The largest absolute Gasteiger partial charge is 0.309 e. The summed E-state index contributed by atoms with van der Waals surface area (Å²) in [4.78, 5) is 2.69. The molecule has 1 aliphatic heterocycles. The van der Waals surface area contributed by atoms with Gasteiger partial charge in [-0.3, -0.25) is 4.90 Å². The smallest absolute Gasteiger partial charge is 0.0452 e. The second-order valence-corrected chi connectivity index (χ2v) is 5.68. The van der Waals surface area contributed by atoms with E-state index in [0.717, 1.165) is 12.6 Å². The fraction of sp³-hybridized carbons (Fsp3) is 0.625. The molecule has 0 aromatic heterocycles. The van der Waals surface area contributed by atoms with Crippen LogP contribution in [0.2, 0.25) is 0 Å². The molecule has 2 nitrogen and oxygen atoms in total. The zero-order valence-electron chi connectivity index (χ0n) is 11.4. The lowest BCUT2D eigenvalue weighted by atomic mass is 9.94. The van der Waals surface area contributed by atoms with Crippen LogP contribution in [0.1, 0.15) is 43.4 Å². The van der Waals surface area contributed by atoms with Crippen LogP contribution >= 0.6 is 0 Å². The molecular formula is C16H24N2. The lowest BCUT2D eigenvalue weighted by Crippen LogP contribution is -2.40. The average molecular weight is 244 g/mol. The highest BCUT2D eigenvalue weighted by atomic mass is 15.2. The number of fused-ring (bicyclic) bond motifs is 1. The van der Waals surface area contributed by atoms with Gasteiger partial charge in [0.2, 0.25) is 0 Å². The normalized spacial score (nSPS) is 23.1. The first-order valence-corrected chi connectivity index (χ1v) is 7.43. The van der Waals surface area contributed by atoms with Gasteiger partial charge in [-0.15, -0.1) is 0 Å². The van der Waals surface area contributed by atoms with E-state index < -0.39 is 0 Å². The molecule has 1 N–H and O–H groups in total. The van der Waals surface area contributed by atoms with Crippen molar-refractivity contribution >= 4 is 0 Å². The summed E-state index contributed by atoms with van der Waals surface area (Å²) in [5.74, 6) is 0. The van der Waals surface area contributed by atoms with Crippen LogP contribution in [0.25, 0.3) is 0 Å². The van der Waals surface area contributed by atoms with Crippen molar-refractivity contribution < 1.29 is 0 Å². The van der Waals surface area contributed by atoms with Gasteiger partial charge in [0.05, 0.1) is 0 Å². The summed E-state index contributed by atoms with van der Waals surface area (Å²) >= 11 is 0. The van der Waals surface area contributed by atoms with Gasteiger partial charge in [0.1, 0.15) is 0 Å². The Bertz CT molecular complexity index is 398. The molecule has 0 spiro atoms. The molecule has 1 unspecified atom stereocenters. The van der Waals surface area contributed by atoms with Gasteiger partial charge in [0, 0.05) is 18.6 Å². The lowest BCUT2D eigenvalue weighted by Gasteiger charge is -2.32. The van der Waals surface area contributed by atoms with Gasteiger partial charge >= 0.3 is 0 Å². The van der Waals surface area contributed by atoms with E-state index in [4.69, 9.17) is 0 Å². The fourth-order valence-electron chi connectivity index (χ4n) is 3.14. The highest BCUT2D eigenvalue weighted by molar-refractivity contribution is 5.32. The molecule has 0 radical (unpaired) electrons. The zero-order chi connectivity index (χ0) is 12.4. The van der Waals surface area contributed by atoms with Crippen molar-refractivity contribution in [2.24, 2.45) is 0 Å². The van der Waals surface area contributed by atoms with Crippen LogP contribution < -0.4 is 5.32 Å². The Morgan fingerprint density at radius 1 is 1.28 bits per heavy atom. The molecule has 1 heterocycles. The average Bonchev–Trinajstić information content (AvgIpc) is 3.23. The molecule has 0 amide bonds. The number of hydrogen-bond donors (Lipinski definition) is 1.